The average Bonchev–Trinajstić information content (AvgIpc) is 2.70. The molecule has 0 bridgehead atoms. The largest absolute Gasteiger partial charge is 0.481 e. The van der Waals surface area contributed by atoms with Gasteiger partial charge in [0.15, 0.2) is 0 Å². The van der Waals surface area contributed by atoms with Gasteiger partial charge in [0.2, 0.25) is 0 Å². The fraction of sp³-hybridized carbons (Fsp3) is 0.167. The Bertz CT molecular complexity index is 610. The van der Waals surface area contributed by atoms with E-state index in [4.69, 9.17) is 5.11 Å². The molecule has 94 valence electrons. The van der Waals surface area contributed by atoms with Crippen molar-refractivity contribution in [1.82, 2.24) is 4.98 Å². The van der Waals surface area contributed by atoms with E-state index < -0.39 is 17.6 Å². The van der Waals surface area contributed by atoms with Crippen LogP contribution in [0.2, 0.25) is 0 Å². The van der Waals surface area contributed by atoms with Crippen molar-refractivity contribution >= 4 is 17.3 Å². The van der Waals surface area contributed by atoms with Gasteiger partial charge in [-0.1, -0.05) is 0 Å². The van der Waals surface area contributed by atoms with Gasteiger partial charge in [0, 0.05) is 10.9 Å². The van der Waals surface area contributed by atoms with E-state index in [1.54, 1.807) is 0 Å². The average molecular weight is 269 g/mol. The molecule has 3 nitrogen and oxygen atoms in total. The van der Waals surface area contributed by atoms with Crippen LogP contribution in [0.1, 0.15) is 10.6 Å². The minimum Gasteiger partial charge on any atom is -0.481 e. The van der Waals surface area contributed by atoms with Crippen LogP contribution in [0, 0.1) is 18.6 Å². The maximum absolute atomic E-state index is 13.7. The van der Waals surface area contributed by atoms with Crippen LogP contribution in [0.3, 0.4) is 0 Å². The van der Waals surface area contributed by atoms with E-state index in [1.807, 2.05) is 0 Å². The molecule has 1 N–H and O–H groups in total. The van der Waals surface area contributed by atoms with Gasteiger partial charge in [-0.15, -0.1) is 11.3 Å². The zero-order valence-electron chi connectivity index (χ0n) is 9.41. The zero-order chi connectivity index (χ0) is 13.3. The summed E-state index contributed by atoms with van der Waals surface area (Å²) in [5, 5.41) is 10.5. The van der Waals surface area contributed by atoms with Crippen molar-refractivity contribution in [3.05, 3.63) is 39.7 Å². The number of nitrogens with zero attached hydrogens (tertiary/aromatic N) is 1. The Balaban J connectivity index is 2.40. The highest BCUT2D eigenvalue weighted by atomic mass is 32.1. The fourth-order valence-corrected chi connectivity index (χ4v) is 2.27. The Morgan fingerprint density at radius 1 is 1.39 bits per heavy atom. The zero-order valence-corrected chi connectivity index (χ0v) is 10.2. The molecule has 0 aliphatic heterocycles. The lowest BCUT2D eigenvalue weighted by Gasteiger charge is -2.02. The van der Waals surface area contributed by atoms with Crippen molar-refractivity contribution in [2.75, 3.05) is 0 Å². The van der Waals surface area contributed by atoms with Crippen molar-refractivity contribution in [1.29, 1.82) is 0 Å². The Hall–Kier alpha value is -1.82. The summed E-state index contributed by atoms with van der Waals surface area (Å²) in [6, 6.07) is 2.17. The molecule has 6 heteroatoms. The third kappa shape index (κ3) is 2.53. The lowest BCUT2D eigenvalue weighted by atomic mass is 10.1. The second-order valence-corrected chi connectivity index (χ2v) is 4.72. The summed E-state index contributed by atoms with van der Waals surface area (Å²) in [5.74, 6) is -2.09. The Kier molecular flexibility index (Phi) is 3.38. The molecule has 0 aliphatic carbocycles. The Morgan fingerprint density at radius 2 is 2.11 bits per heavy atom. The van der Waals surface area contributed by atoms with E-state index in [0.717, 1.165) is 23.5 Å². The van der Waals surface area contributed by atoms with Crippen LogP contribution >= 0.6 is 11.3 Å². The fourth-order valence-electron chi connectivity index (χ4n) is 1.49. The Morgan fingerprint density at radius 3 is 2.78 bits per heavy atom. The molecule has 0 fully saturated rings. The molecule has 0 amide bonds. The highest BCUT2D eigenvalue weighted by Gasteiger charge is 2.13. The lowest BCUT2D eigenvalue weighted by Crippen LogP contribution is -1.99. The molecule has 1 aromatic carbocycles. The third-order valence-corrected chi connectivity index (χ3v) is 3.23. The molecule has 0 atom stereocenters. The summed E-state index contributed by atoms with van der Waals surface area (Å²) >= 11 is 1.11. The van der Waals surface area contributed by atoms with Crippen molar-refractivity contribution in [2.24, 2.45) is 0 Å². The van der Waals surface area contributed by atoms with Crippen LogP contribution in [0.5, 0.6) is 0 Å². The number of rotatable bonds is 3. The number of halogens is 2. The third-order valence-electron chi connectivity index (χ3n) is 2.38. The predicted octanol–water partition coefficient (Wildman–Crippen LogP) is 3.02. The number of thiazole rings is 1. The number of carboxylic acid groups (broad SMARTS) is 1. The van der Waals surface area contributed by atoms with E-state index in [2.05, 4.69) is 4.98 Å². The summed E-state index contributed by atoms with van der Waals surface area (Å²) in [7, 11) is 0. The van der Waals surface area contributed by atoms with Gasteiger partial charge in [-0.2, -0.15) is 0 Å². The summed E-state index contributed by atoms with van der Waals surface area (Å²) in [6.45, 7) is 1.47. The van der Waals surface area contributed by atoms with Crippen LogP contribution < -0.4 is 0 Å². The number of aromatic nitrogens is 1. The van der Waals surface area contributed by atoms with Gasteiger partial charge in [-0.25, -0.2) is 13.8 Å². The number of aryl methyl sites for hydroxylation is 1. The molecule has 0 aliphatic rings. The van der Waals surface area contributed by atoms with Crippen LogP contribution in [-0.2, 0) is 11.2 Å². The number of hydrogen-bond donors (Lipinski definition) is 1. The number of aliphatic carboxylic acids is 1. The molecule has 0 spiro atoms. The number of carbonyl (C=O) groups is 1. The quantitative estimate of drug-likeness (QED) is 0.931. The Labute approximate surface area is 106 Å². The van der Waals surface area contributed by atoms with E-state index >= 15 is 0 Å². The first kappa shape index (κ1) is 12.6. The van der Waals surface area contributed by atoms with Gasteiger partial charge < -0.3 is 5.11 Å². The van der Waals surface area contributed by atoms with Crippen molar-refractivity contribution < 1.29 is 18.7 Å². The first-order chi connectivity index (χ1) is 8.47. The summed E-state index contributed by atoms with van der Waals surface area (Å²) in [4.78, 5) is 14.5. The molecule has 0 unspecified atom stereocenters. The van der Waals surface area contributed by atoms with E-state index in [9.17, 15) is 13.6 Å². The van der Waals surface area contributed by atoms with Gasteiger partial charge in [-0.05, 0) is 24.6 Å². The lowest BCUT2D eigenvalue weighted by molar-refractivity contribution is -0.136. The second-order valence-electron chi connectivity index (χ2n) is 3.78. The van der Waals surface area contributed by atoms with Crippen molar-refractivity contribution in [2.45, 2.75) is 13.3 Å². The van der Waals surface area contributed by atoms with Gasteiger partial charge in [-0.3, -0.25) is 4.79 Å². The molecule has 0 saturated carbocycles. The second kappa shape index (κ2) is 4.81. The highest BCUT2D eigenvalue weighted by Crippen LogP contribution is 2.27. The number of hydrogen-bond acceptors (Lipinski definition) is 3. The SMILES string of the molecule is Cc1cc(F)c(-c2csc(CC(=O)O)n2)cc1F. The molecule has 18 heavy (non-hydrogen) atoms. The van der Waals surface area contributed by atoms with Gasteiger partial charge in [0.1, 0.15) is 16.6 Å². The first-order valence-corrected chi connectivity index (χ1v) is 5.97. The minimum atomic E-state index is -1.01. The summed E-state index contributed by atoms with van der Waals surface area (Å²) in [5.41, 5.74) is 0.524. The molecule has 1 heterocycles. The number of benzene rings is 1. The number of carboxylic acids is 1. The molecular formula is C12H9F2NO2S. The molecular weight excluding hydrogens is 260 g/mol. The molecule has 0 radical (unpaired) electrons. The van der Waals surface area contributed by atoms with E-state index in [1.165, 1.54) is 12.3 Å². The summed E-state index contributed by atoms with van der Waals surface area (Å²) in [6.07, 6.45) is -0.222. The standard InChI is InChI=1S/C12H9F2NO2S/c1-6-2-9(14)7(3-8(6)13)10-5-18-11(15-10)4-12(16)17/h2-3,5H,4H2,1H3,(H,16,17). The van der Waals surface area contributed by atoms with Crippen LogP contribution in [0.15, 0.2) is 17.5 Å². The normalized spacial score (nSPS) is 10.6. The predicted molar refractivity (Wildman–Crippen MR) is 63.5 cm³/mol. The maximum atomic E-state index is 13.7. The van der Waals surface area contributed by atoms with Gasteiger partial charge in [0.25, 0.3) is 0 Å². The van der Waals surface area contributed by atoms with Gasteiger partial charge >= 0.3 is 5.97 Å². The van der Waals surface area contributed by atoms with E-state index in [0.29, 0.717) is 5.01 Å². The topological polar surface area (TPSA) is 50.2 Å². The highest BCUT2D eigenvalue weighted by molar-refractivity contribution is 7.10. The van der Waals surface area contributed by atoms with Crippen molar-refractivity contribution in [3.8, 4) is 11.3 Å². The molecule has 2 rings (SSSR count). The maximum Gasteiger partial charge on any atom is 0.310 e. The van der Waals surface area contributed by atoms with E-state index in [-0.39, 0.29) is 23.2 Å². The minimum absolute atomic E-state index is 0.0472. The summed E-state index contributed by atoms with van der Waals surface area (Å²) < 4.78 is 27.0. The van der Waals surface area contributed by atoms with Crippen LogP contribution in [-0.4, -0.2) is 16.1 Å². The molecule has 2 aromatic rings. The first-order valence-electron chi connectivity index (χ1n) is 5.09. The van der Waals surface area contributed by atoms with Gasteiger partial charge in [0.05, 0.1) is 12.1 Å². The molecule has 0 saturated heterocycles. The smallest absolute Gasteiger partial charge is 0.310 e. The molecule has 1 aromatic heterocycles. The van der Waals surface area contributed by atoms with Crippen LogP contribution in [0.25, 0.3) is 11.3 Å². The van der Waals surface area contributed by atoms with Crippen LogP contribution in [0.4, 0.5) is 8.78 Å². The van der Waals surface area contributed by atoms with Crippen molar-refractivity contribution in [3.63, 3.8) is 0 Å². The monoisotopic (exact) mass is 269 g/mol.